The summed E-state index contributed by atoms with van der Waals surface area (Å²) in [6.45, 7) is 3.73. The van der Waals surface area contributed by atoms with E-state index in [2.05, 4.69) is 6.92 Å². The maximum absolute atomic E-state index is 9.15. The second-order valence-electron chi connectivity index (χ2n) is 6.21. The zero-order chi connectivity index (χ0) is 14.4. The molecule has 0 aromatic carbocycles. The minimum Gasteiger partial charge on any atom is -0.366 e. The minimum absolute atomic E-state index is 0.505. The van der Waals surface area contributed by atoms with E-state index >= 15 is 0 Å². The minimum atomic E-state index is -1.46. The van der Waals surface area contributed by atoms with Crippen molar-refractivity contribution in [3.05, 3.63) is 0 Å². The largest absolute Gasteiger partial charge is 0.366 e. The van der Waals surface area contributed by atoms with Crippen molar-refractivity contribution in [2.24, 2.45) is 0 Å². The molecule has 0 aromatic heterocycles. The second-order valence-corrected chi connectivity index (χ2v) is 6.21. The van der Waals surface area contributed by atoms with Crippen LogP contribution in [0, 0.1) is 0 Å². The SMILES string of the molecule is CCCCCCCCCCCCCCCC(C)(O)O. The summed E-state index contributed by atoms with van der Waals surface area (Å²) in [4.78, 5) is 0. The Kier molecular flexibility index (Phi) is 12.9. The zero-order valence-corrected chi connectivity index (χ0v) is 13.3. The summed E-state index contributed by atoms with van der Waals surface area (Å²) < 4.78 is 0. The zero-order valence-electron chi connectivity index (χ0n) is 13.3. The third kappa shape index (κ3) is 17.9. The Morgan fingerprint density at radius 1 is 0.579 bits per heavy atom. The monoisotopic (exact) mass is 272 g/mol. The van der Waals surface area contributed by atoms with Gasteiger partial charge in [-0.2, -0.15) is 0 Å². The van der Waals surface area contributed by atoms with Gasteiger partial charge in [0.15, 0.2) is 5.79 Å². The Balaban J connectivity index is 2.99. The Labute approximate surface area is 120 Å². The molecule has 0 rings (SSSR count). The smallest absolute Gasteiger partial charge is 0.159 e. The number of unbranched alkanes of at least 4 members (excludes halogenated alkanes) is 12. The fourth-order valence-corrected chi connectivity index (χ4v) is 2.48. The molecule has 0 aliphatic carbocycles. The lowest BCUT2D eigenvalue weighted by Crippen LogP contribution is -2.22. The highest BCUT2D eigenvalue weighted by Gasteiger charge is 2.12. The van der Waals surface area contributed by atoms with Gasteiger partial charge in [-0.3, -0.25) is 0 Å². The fourth-order valence-electron chi connectivity index (χ4n) is 2.48. The molecule has 0 unspecified atom stereocenters. The van der Waals surface area contributed by atoms with Crippen LogP contribution in [0.15, 0.2) is 0 Å². The van der Waals surface area contributed by atoms with Crippen LogP contribution in [-0.2, 0) is 0 Å². The highest BCUT2D eigenvalue weighted by Crippen LogP contribution is 2.15. The van der Waals surface area contributed by atoms with Crippen LogP contribution in [0.4, 0.5) is 0 Å². The van der Waals surface area contributed by atoms with Crippen molar-refractivity contribution < 1.29 is 10.2 Å². The molecular formula is C17H36O2. The van der Waals surface area contributed by atoms with Crippen LogP contribution in [0.3, 0.4) is 0 Å². The van der Waals surface area contributed by atoms with E-state index in [0.29, 0.717) is 6.42 Å². The molecular weight excluding hydrogens is 236 g/mol. The maximum Gasteiger partial charge on any atom is 0.159 e. The summed E-state index contributed by atoms with van der Waals surface area (Å²) in [5.74, 6) is -1.46. The Hall–Kier alpha value is -0.0800. The average molecular weight is 272 g/mol. The molecule has 0 radical (unpaired) electrons. The predicted molar refractivity (Wildman–Crippen MR) is 83.2 cm³/mol. The molecule has 2 nitrogen and oxygen atoms in total. The standard InChI is InChI=1S/C17H36O2/c1-3-4-5-6-7-8-9-10-11-12-13-14-15-16-17(2,18)19/h18-19H,3-16H2,1-2H3. The van der Waals surface area contributed by atoms with Gasteiger partial charge in [-0.1, -0.05) is 84.0 Å². The van der Waals surface area contributed by atoms with Crippen LogP contribution >= 0.6 is 0 Å². The van der Waals surface area contributed by atoms with Gasteiger partial charge in [-0.25, -0.2) is 0 Å². The lowest BCUT2D eigenvalue weighted by Gasteiger charge is -2.14. The van der Waals surface area contributed by atoms with Gasteiger partial charge >= 0.3 is 0 Å². The predicted octanol–water partition coefficient (Wildman–Crippen LogP) is 5.17. The highest BCUT2D eigenvalue weighted by molar-refractivity contribution is 4.56. The number of hydrogen-bond donors (Lipinski definition) is 2. The Bertz CT molecular complexity index is 173. The summed E-state index contributed by atoms with van der Waals surface area (Å²) in [5, 5.41) is 18.3. The second kappa shape index (κ2) is 12.9. The quantitative estimate of drug-likeness (QED) is 0.338. The normalized spacial score (nSPS) is 12.0. The van der Waals surface area contributed by atoms with Gasteiger partial charge in [0.25, 0.3) is 0 Å². The first kappa shape index (κ1) is 18.9. The highest BCUT2D eigenvalue weighted by atomic mass is 16.5. The molecule has 2 heteroatoms. The van der Waals surface area contributed by atoms with E-state index in [0.717, 1.165) is 12.8 Å². The Morgan fingerprint density at radius 3 is 1.21 bits per heavy atom. The lowest BCUT2D eigenvalue weighted by molar-refractivity contribution is -0.150. The molecule has 0 spiro atoms. The van der Waals surface area contributed by atoms with Crippen molar-refractivity contribution >= 4 is 0 Å². The summed E-state index contributed by atoms with van der Waals surface area (Å²) in [6.07, 6.45) is 17.7. The van der Waals surface area contributed by atoms with Crippen molar-refractivity contribution in [2.75, 3.05) is 0 Å². The molecule has 0 fully saturated rings. The number of rotatable bonds is 14. The third-order valence-corrected chi connectivity index (χ3v) is 3.75. The molecule has 0 aliphatic rings. The van der Waals surface area contributed by atoms with E-state index in [1.807, 2.05) is 0 Å². The van der Waals surface area contributed by atoms with Crippen molar-refractivity contribution in [3.8, 4) is 0 Å². The van der Waals surface area contributed by atoms with Crippen molar-refractivity contribution in [3.63, 3.8) is 0 Å². The van der Waals surface area contributed by atoms with E-state index in [4.69, 9.17) is 10.2 Å². The van der Waals surface area contributed by atoms with Crippen molar-refractivity contribution in [1.82, 2.24) is 0 Å². The maximum atomic E-state index is 9.15. The van der Waals surface area contributed by atoms with Crippen LogP contribution in [0.1, 0.15) is 104 Å². The van der Waals surface area contributed by atoms with Crippen LogP contribution < -0.4 is 0 Å². The molecule has 19 heavy (non-hydrogen) atoms. The van der Waals surface area contributed by atoms with E-state index in [1.54, 1.807) is 0 Å². The van der Waals surface area contributed by atoms with Gasteiger partial charge in [0.05, 0.1) is 0 Å². The molecule has 0 saturated heterocycles. The average Bonchev–Trinajstić information content (AvgIpc) is 2.34. The molecule has 0 bridgehead atoms. The van der Waals surface area contributed by atoms with Gasteiger partial charge in [0, 0.05) is 6.42 Å². The molecule has 0 saturated carbocycles. The first-order chi connectivity index (χ1) is 9.06. The molecule has 2 N–H and O–H groups in total. The molecule has 0 atom stereocenters. The number of aliphatic hydroxyl groups is 2. The van der Waals surface area contributed by atoms with E-state index in [9.17, 15) is 0 Å². The van der Waals surface area contributed by atoms with Gasteiger partial charge in [0.2, 0.25) is 0 Å². The van der Waals surface area contributed by atoms with Crippen molar-refractivity contribution in [2.45, 2.75) is 110 Å². The van der Waals surface area contributed by atoms with E-state index < -0.39 is 5.79 Å². The van der Waals surface area contributed by atoms with Crippen molar-refractivity contribution in [1.29, 1.82) is 0 Å². The van der Waals surface area contributed by atoms with Gasteiger partial charge in [-0.15, -0.1) is 0 Å². The molecule has 0 amide bonds. The third-order valence-electron chi connectivity index (χ3n) is 3.75. The van der Waals surface area contributed by atoms with Crippen LogP contribution in [0.2, 0.25) is 0 Å². The van der Waals surface area contributed by atoms with E-state index in [1.165, 1.54) is 77.6 Å². The summed E-state index contributed by atoms with van der Waals surface area (Å²) in [7, 11) is 0. The lowest BCUT2D eigenvalue weighted by atomic mass is 10.0. The molecule has 0 aromatic rings. The van der Waals surface area contributed by atoms with E-state index in [-0.39, 0.29) is 0 Å². The Morgan fingerprint density at radius 2 is 0.895 bits per heavy atom. The summed E-state index contributed by atoms with van der Waals surface area (Å²) >= 11 is 0. The number of hydrogen-bond acceptors (Lipinski definition) is 2. The van der Waals surface area contributed by atoms with Crippen LogP contribution in [0.5, 0.6) is 0 Å². The molecule has 0 heterocycles. The van der Waals surface area contributed by atoms with Crippen LogP contribution in [0.25, 0.3) is 0 Å². The summed E-state index contributed by atoms with van der Waals surface area (Å²) in [5.41, 5.74) is 0. The topological polar surface area (TPSA) is 40.5 Å². The first-order valence-electron chi connectivity index (χ1n) is 8.51. The fraction of sp³-hybridized carbons (Fsp3) is 1.00. The molecule has 116 valence electrons. The molecule has 0 aliphatic heterocycles. The van der Waals surface area contributed by atoms with Gasteiger partial charge < -0.3 is 10.2 Å². The van der Waals surface area contributed by atoms with Crippen LogP contribution in [-0.4, -0.2) is 16.0 Å². The van der Waals surface area contributed by atoms with Gasteiger partial charge in [0.1, 0.15) is 0 Å². The summed E-state index contributed by atoms with van der Waals surface area (Å²) in [6, 6.07) is 0. The van der Waals surface area contributed by atoms with Gasteiger partial charge in [-0.05, 0) is 13.3 Å². The first-order valence-corrected chi connectivity index (χ1v) is 8.51.